The molecule has 0 saturated carbocycles. The van der Waals surface area contributed by atoms with Crippen LogP contribution < -0.4 is 0 Å². The first-order valence-corrected chi connectivity index (χ1v) is 6.69. The predicted octanol–water partition coefficient (Wildman–Crippen LogP) is 1.84. The number of aromatic nitrogens is 1. The first-order valence-electron chi connectivity index (χ1n) is 5.19. The van der Waals surface area contributed by atoms with E-state index in [-0.39, 0.29) is 6.42 Å². The molecule has 91 valence electrons. The van der Waals surface area contributed by atoms with Crippen LogP contribution in [0.15, 0.2) is 22.6 Å². The molecule has 1 aromatic carbocycles. The van der Waals surface area contributed by atoms with E-state index in [0.717, 1.165) is 0 Å². The normalized spacial score (nSPS) is 14.0. The van der Waals surface area contributed by atoms with Crippen LogP contribution in [0.25, 0.3) is 11.1 Å². The van der Waals surface area contributed by atoms with Gasteiger partial charge in [0.1, 0.15) is 5.52 Å². The Morgan fingerprint density at radius 2 is 2.35 bits per heavy atom. The minimum absolute atomic E-state index is 0.269. The van der Waals surface area contributed by atoms with Gasteiger partial charge in [0.25, 0.3) is 10.1 Å². The van der Waals surface area contributed by atoms with E-state index in [1.54, 1.807) is 18.2 Å². The molecule has 0 aliphatic heterocycles. The number of hydrogen-bond acceptors (Lipinski definition) is 4. The molecule has 1 atom stereocenters. The Hall–Kier alpha value is -1.40. The van der Waals surface area contributed by atoms with E-state index in [1.165, 1.54) is 6.92 Å². The largest absolute Gasteiger partial charge is 0.441 e. The lowest BCUT2D eigenvalue weighted by atomic mass is 10.2. The molecule has 1 radical (unpaired) electrons. The summed E-state index contributed by atoms with van der Waals surface area (Å²) in [7, 11) is -3.98. The smallest absolute Gasteiger partial charge is 0.267 e. The van der Waals surface area contributed by atoms with Gasteiger partial charge in [-0.05, 0) is 19.4 Å². The van der Waals surface area contributed by atoms with Gasteiger partial charge in [-0.15, -0.1) is 0 Å². The van der Waals surface area contributed by atoms with E-state index in [2.05, 4.69) is 11.1 Å². The molecule has 2 aromatic rings. The molecule has 17 heavy (non-hydrogen) atoms. The SMILES string of the molecule is CC(CCc1nc2[c]cccc2o1)S(=O)(=O)O. The summed E-state index contributed by atoms with van der Waals surface area (Å²) < 4.78 is 35.9. The number of benzene rings is 1. The van der Waals surface area contributed by atoms with Gasteiger partial charge in [0.15, 0.2) is 11.5 Å². The summed E-state index contributed by atoms with van der Waals surface area (Å²) in [5, 5.41) is -0.818. The number of hydrogen-bond donors (Lipinski definition) is 1. The van der Waals surface area contributed by atoms with Gasteiger partial charge in [-0.1, -0.05) is 12.1 Å². The molecule has 1 N–H and O–H groups in total. The van der Waals surface area contributed by atoms with Crippen molar-refractivity contribution in [1.82, 2.24) is 4.98 Å². The van der Waals surface area contributed by atoms with Crippen LogP contribution in [-0.4, -0.2) is 23.2 Å². The Labute approximate surface area is 99.2 Å². The topological polar surface area (TPSA) is 80.4 Å². The lowest BCUT2D eigenvalue weighted by Gasteiger charge is -2.04. The lowest BCUT2D eigenvalue weighted by Crippen LogP contribution is -2.17. The third-order valence-electron chi connectivity index (χ3n) is 2.53. The van der Waals surface area contributed by atoms with Crippen molar-refractivity contribution >= 4 is 21.2 Å². The first kappa shape index (κ1) is 12.1. The molecule has 5 nitrogen and oxygen atoms in total. The molecule has 0 aliphatic carbocycles. The minimum Gasteiger partial charge on any atom is -0.441 e. The van der Waals surface area contributed by atoms with Crippen LogP contribution in [0.2, 0.25) is 0 Å². The molecule has 1 unspecified atom stereocenters. The van der Waals surface area contributed by atoms with Crippen LogP contribution in [0, 0.1) is 6.07 Å². The lowest BCUT2D eigenvalue weighted by molar-refractivity contribution is 0.459. The highest BCUT2D eigenvalue weighted by Crippen LogP contribution is 2.16. The number of rotatable bonds is 4. The maximum absolute atomic E-state index is 10.8. The van der Waals surface area contributed by atoms with Gasteiger partial charge in [0.2, 0.25) is 0 Å². The van der Waals surface area contributed by atoms with Gasteiger partial charge in [-0.2, -0.15) is 8.42 Å². The zero-order valence-electron chi connectivity index (χ0n) is 9.25. The van der Waals surface area contributed by atoms with E-state index in [1.807, 2.05) is 0 Å². The first-order chi connectivity index (χ1) is 7.97. The van der Waals surface area contributed by atoms with E-state index in [4.69, 9.17) is 8.97 Å². The highest BCUT2D eigenvalue weighted by atomic mass is 32.2. The van der Waals surface area contributed by atoms with Crippen LogP contribution in [0.1, 0.15) is 19.2 Å². The minimum atomic E-state index is -3.98. The van der Waals surface area contributed by atoms with E-state index < -0.39 is 15.4 Å². The van der Waals surface area contributed by atoms with Crippen molar-refractivity contribution in [3.63, 3.8) is 0 Å². The maximum Gasteiger partial charge on any atom is 0.267 e. The van der Waals surface area contributed by atoms with Crippen molar-refractivity contribution in [2.24, 2.45) is 0 Å². The van der Waals surface area contributed by atoms with Crippen molar-refractivity contribution in [2.75, 3.05) is 0 Å². The summed E-state index contributed by atoms with van der Waals surface area (Å²) >= 11 is 0. The maximum atomic E-state index is 10.8. The Kier molecular flexibility index (Phi) is 3.17. The van der Waals surface area contributed by atoms with Gasteiger partial charge in [0, 0.05) is 12.5 Å². The molecule has 0 aliphatic rings. The molecule has 0 spiro atoms. The molecule has 6 heteroatoms. The number of oxazole rings is 1. The second kappa shape index (κ2) is 4.46. The Balaban J connectivity index is 2.09. The molecule has 2 rings (SSSR count). The van der Waals surface area contributed by atoms with Crippen molar-refractivity contribution in [3.05, 3.63) is 30.2 Å². The average Bonchev–Trinajstić information content (AvgIpc) is 2.66. The van der Waals surface area contributed by atoms with Crippen LogP contribution >= 0.6 is 0 Å². The third-order valence-corrected chi connectivity index (χ3v) is 3.79. The standard InChI is InChI=1S/C11H12NO4S/c1-8(17(13,14)15)6-7-11-12-9-4-2-3-5-10(9)16-11/h2-3,5,8H,6-7H2,1H3,(H,13,14,15). The van der Waals surface area contributed by atoms with E-state index in [9.17, 15) is 8.42 Å². The number of fused-ring (bicyclic) bond motifs is 1. The summed E-state index contributed by atoms with van der Waals surface area (Å²) in [6.07, 6.45) is 0.634. The Morgan fingerprint density at radius 1 is 1.59 bits per heavy atom. The average molecular weight is 254 g/mol. The quantitative estimate of drug-likeness (QED) is 0.842. The molecule has 0 amide bonds. The van der Waals surface area contributed by atoms with Gasteiger partial charge < -0.3 is 4.42 Å². The third kappa shape index (κ3) is 2.83. The number of para-hydroxylation sites is 1. The Morgan fingerprint density at radius 3 is 3.00 bits per heavy atom. The zero-order chi connectivity index (χ0) is 12.5. The molecule has 1 heterocycles. The summed E-state index contributed by atoms with van der Waals surface area (Å²) in [6.45, 7) is 1.45. The number of nitrogens with zero attached hydrogens (tertiary/aromatic N) is 1. The molecular formula is C11H12NO4S. The molecule has 0 bridgehead atoms. The van der Waals surface area contributed by atoms with Gasteiger partial charge >= 0.3 is 0 Å². The fourth-order valence-electron chi connectivity index (χ4n) is 1.44. The van der Waals surface area contributed by atoms with E-state index >= 15 is 0 Å². The van der Waals surface area contributed by atoms with Crippen LogP contribution in [0.5, 0.6) is 0 Å². The van der Waals surface area contributed by atoms with E-state index in [0.29, 0.717) is 23.4 Å². The van der Waals surface area contributed by atoms with Crippen molar-refractivity contribution in [1.29, 1.82) is 0 Å². The van der Waals surface area contributed by atoms with Crippen LogP contribution in [-0.2, 0) is 16.5 Å². The fraction of sp³-hybridized carbons (Fsp3) is 0.364. The van der Waals surface area contributed by atoms with Gasteiger partial charge in [-0.3, -0.25) is 4.55 Å². The zero-order valence-corrected chi connectivity index (χ0v) is 10.1. The summed E-state index contributed by atoms with van der Waals surface area (Å²) in [5.41, 5.74) is 1.25. The molecule has 1 aromatic heterocycles. The summed E-state index contributed by atoms with van der Waals surface area (Å²) in [5.74, 6) is 0.456. The van der Waals surface area contributed by atoms with Crippen molar-refractivity contribution in [3.8, 4) is 0 Å². The summed E-state index contributed by atoms with van der Waals surface area (Å²) in [6, 6.07) is 8.21. The van der Waals surface area contributed by atoms with Gasteiger partial charge in [0.05, 0.1) is 5.25 Å². The van der Waals surface area contributed by atoms with Crippen LogP contribution in [0.4, 0.5) is 0 Å². The van der Waals surface area contributed by atoms with Crippen molar-refractivity contribution < 1.29 is 17.4 Å². The number of aryl methyl sites for hydroxylation is 1. The van der Waals surface area contributed by atoms with Gasteiger partial charge in [-0.25, -0.2) is 4.98 Å². The fourth-order valence-corrected chi connectivity index (χ4v) is 1.86. The second-order valence-corrected chi connectivity index (χ2v) is 5.69. The Bertz CT molecular complexity index is 584. The van der Waals surface area contributed by atoms with Crippen molar-refractivity contribution in [2.45, 2.75) is 25.0 Å². The molecule has 0 saturated heterocycles. The molecule has 0 fully saturated rings. The monoisotopic (exact) mass is 254 g/mol. The molecular weight excluding hydrogens is 242 g/mol. The predicted molar refractivity (Wildman–Crippen MR) is 62.2 cm³/mol. The highest BCUT2D eigenvalue weighted by Gasteiger charge is 2.18. The highest BCUT2D eigenvalue weighted by molar-refractivity contribution is 7.86. The summed E-state index contributed by atoms with van der Waals surface area (Å²) in [4.78, 5) is 4.17. The second-order valence-electron chi connectivity index (χ2n) is 3.85. The van der Waals surface area contributed by atoms with Crippen LogP contribution in [0.3, 0.4) is 0 Å².